The van der Waals surface area contributed by atoms with E-state index in [1.165, 1.54) is 0 Å². The normalized spacial score (nSPS) is 22.3. The van der Waals surface area contributed by atoms with Crippen LogP contribution in [0.25, 0.3) is 0 Å². The van der Waals surface area contributed by atoms with Crippen molar-refractivity contribution in [2.24, 2.45) is 11.8 Å². The summed E-state index contributed by atoms with van der Waals surface area (Å²) >= 11 is 0. The van der Waals surface area contributed by atoms with Crippen LogP contribution in [0.15, 0.2) is 41.6 Å². The van der Waals surface area contributed by atoms with Gasteiger partial charge >= 0.3 is 16.4 Å². The molecule has 1 aromatic heterocycles. The fourth-order valence-electron chi connectivity index (χ4n) is 5.93. The van der Waals surface area contributed by atoms with Gasteiger partial charge in [-0.1, -0.05) is 40.2 Å². The number of amides is 1. The second kappa shape index (κ2) is 13.5. The zero-order valence-corrected chi connectivity index (χ0v) is 28.2. The molecule has 1 aliphatic heterocycles. The quantitative estimate of drug-likeness (QED) is 0.213. The van der Waals surface area contributed by atoms with Crippen LogP contribution in [-0.2, 0) is 21.5 Å². The van der Waals surface area contributed by atoms with E-state index >= 15 is 13.2 Å². The van der Waals surface area contributed by atoms with Crippen LogP contribution < -0.4 is 4.90 Å². The molecule has 3 atom stereocenters. The first kappa shape index (κ1) is 40.8. The minimum atomic E-state index is -10.3. The lowest BCUT2D eigenvalue weighted by atomic mass is 9.83. The standard InChI is InChI=1S/C24H25F8N5O3S.C7H12F2/c1-14(2)10-19-21(35-9-8-34-19)23(15(3)38,24(25,26)27)37(22(40)20-11-17(39)12-36(20)13-33)16-4-6-18(7-5-16)41(28,29,30,31)32;1-6-2-4-7(8,9)5-3-6/h4-9,14,17,20,39H,10-12H2,1-3H3;6H,2-5H2,1H3. The van der Waals surface area contributed by atoms with Crippen LogP contribution in [0, 0.1) is 23.3 Å². The van der Waals surface area contributed by atoms with Gasteiger partial charge in [0.05, 0.1) is 18.3 Å². The number of aromatic nitrogens is 2. The highest BCUT2D eigenvalue weighted by atomic mass is 32.5. The molecule has 50 heavy (non-hydrogen) atoms. The number of hydrogen-bond acceptors (Lipinski definition) is 7. The molecule has 0 spiro atoms. The second-order valence-electron chi connectivity index (χ2n) is 13.0. The van der Waals surface area contributed by atoms with Crippen LogP contribution in [0.3, 0.4) is 0 Å². The summed E-state index contributed by atoms with van der Waals surface area (Å²) in [5.74, 6) is -5.53. The van der Waals surface area contributed by atoms with Gasteiger partial charge in [-0.3, -0.25) is 29.4 Å². The summed E-state index contributed by atoms with van der Waals surface area (Å²) in [5.41, 5.74) is -6.46. The lowest BCUT2D eigenvalue weighted by molar-refractivity contribution is -0.196. The molecule has 1 saturated heterocycles. The van der Waals surface area contributed by atoms with Crippen LogP contribution >= 0.6 is 10.2 Å². The molecule has 0 radical (unpaired) electrons. The van der Waals surface area contributed by atoms with Gasteiger partial charge in [0.25, 0.3) is 5.91 Å². The first-order valence-corrected chi connectivity index (χ1v) is 17.4. The predicted octanol–water partition coefficient (Wildman–Crippen LogP) is 8.46. The minimum absolute atomic E-state index is 0.105. The van der Waals surface area contributed by atoms with Crippen molar-refractivity contribution in [3.63, 3.8) is 0 Å². The third-order valence-corrected chi connectivity index (χ3v) is 9.60. The number of carbonyl (C=O) groups excluding carboxylic acids is 2. The van der Waals surface area contributed by atoms with E-state index in [4.69, 9.17) is 0 Å². The van der Waals surface area contributed by atoms with E-state index in [-0.39, 0.29) is 60.0 Å². The maximum absolute atomic E-state index is 15.4. The molecular formula is C31H37F10N5O3S. The summed E-state index contributed by atoms with van der Waals surface area (Å²) in [6.45, 7) is 5.29. The molecule has 1 amide bonds. The topological polar surface area (TPSA) is 110 Å². The molecule has 3 unspecified atom stereocenters. The zero-order chi connectivity index (χ0) is 38.2. The van der Waals surface area contributed by atoms with Gasteiger partial charge in [0.2, 0.25) is 11.5 Å². The second-order valence-corrected chi connectivity index (χ2v) is 15.5. The van der Waals surface area contributed by atoms with Gasteiger partial charge < -0.3 is 5.11 Å². The molecule has 4 rings (SSSR count). The zero-order valence-electron chi connectivity index (χ0n) is 27.4. The van der Waals surface area contributed by atoms with Gasteiger partial charge in [-0.2, -0.15) is 18.4 Å². The lowest BCUT2D eigenvalue weighted by Gasteiger charge is -2.45. The Bertz CT molecular complexity index is 1590. The van der Waals surface area contributed by atoms with Gasteiger partial charge in [-0.15, -0.1) is 0 Å². The largest absolute Gasteiger partial charge is 0.425 e. The Balaban J connectivity index is 0.000000650. The van der Waals surface area contributed by atoms with E-state index in [0.29, 0.717) is 30.6 Å². The lowest BCUT2D eigenvalue weighted by Crippen LogP contribution is -2.66. The molecule has 2 heterocycles. The van der Waals surface area contributed by atoms with Crippen LogP contribution in [0.1, 0.15) is 71.2 Å². The van der Waals surface area contributed by atoms with E-state index in [1.807, 2.05) is 6.92 Å². The summed E-state index contributed by atoms with van der Waals surface area (Å²) in [4.78, 5) is 32.9. The molecule has 8 nitrogen and oxygen atoms in total. The summed E-state index contributed by atoms with van der Waals surface area (Å²) in [6.07, 6.45) is -2.77. The third kappa shape index (κ3) is 8.97. The number of nitriles is 1. The van der Waals surface area contributed by atoms with E-state index < -0.39 is 80.9 Å². The van der Waals surface area contributed by atoms with Crippen molar-refractivity contribution >= 4 is 27.6 Å². The summed E-state index contributed by atoms with van der Waals surface area (Å²) in [7, 11) is -10.3. The summed E-state index contributed by atoms with van der Waals surface area (Å²) in [6, 6.07) is -1.79. The highest BCUT2D eigenvalue weighted by Crippen LogP contribution is 3.02. The monoisotopic (exact) mass is 749 g/mol. The van der Waals surface area contributed by atoms with Crippen LogP contribution in [-0.4, -0.2) is 62.5 Å². The van der Waals surface area contributed by atoms with Crippen LogP contribution in [0.2, 0.25) is 0 Å². The molecule has 1 saturated carbocycles. The molecule has 2 fully saturated rings. The van der Waals surface area contributed by atoms with Gasteiger partial charge in [0.1, 0.15) is 16.6 Å². The molecule has 0 bridgehead atoms. The average Bonchev–Trinajstić information content (AvgIpc) is 3.36. The molecule has 1 N–H and O–H groups in total. The number of Topliss-reactive ketones (excluding diaryl/α,β-unsaturated/α-hetero) is 1. The molecule has 1 aliphatic carbocycles. The first-order valence-electron chi connectivity index (χ1n) is 15.4. The van der Waals surface area contributed by atoms with E-state index in [2.05, 4.69) is 9.97 Å². The SMILES string of the molecule is CC(=O)C(c1nccnc1CC(C)C)(N(C(=O)C1CC(O)CN1C#N)c1ccc(S(F)(F)(F)(F)F)cc1)C(F)(F)F.CC1CCC(F)(F)CC1. The number of likely N-dealkylation sites (tertiary alicyclic amines) is 1. The number of hydrogen-bond donors (Lipinski definition) is 1. The van der Waals surface area contributed by atoms with E-state index in [1.54, 1.807) is 20.0 Å². The van der Waals surface area contributed by atoms with Crippen molar-refractivity contribution in [2.75, 3.05) is 11.4 Å². The van der Waals surface area contributed by atoms with Crippen molar-refractivity contribution in [3.8, 4) is 6.19 Å². The maximum atomic E-state index is 15.4. The Hall–Kier alpha value is -3.66. The van der Waals surface area contributed by atoms with Crippen LogP contribution in [0.5, 0.6) is 0 Å². The average molecular weight is 750 g/mol. The highest BCUT2D eigenvalue weighted by molar-refractivity contribution is 8.45. The molecule has 1 aromatic carbocycles. The molecule has 280 valence electrons. The molecule has 2 aromatic rings. The Morgan fingerprint density at radius 1 is 1.06 bits per heavy atom. The summed E-state index contributed by atoms with van der Waals surface area (Å²) < 4.78 is 138. The number of ketones is 1. The van der Waals surface area contributed by atoms with Gasteiger partial charge in [0.15, 0.2) is 12.0 Å². The van der Waals surface area contributed by atoms with Crippen molar-refractivity contribution in [1.82, 2.24) is 14.9 Å². The van der Waals surface area contributed by atoms with Crippen molar-refractivity contribution in [2.45, 2.75) is 101 Å². The number of aliphatic hydroxyl groups is 1. The Morgan fingerprint density at radius 3 is 2.04 bits per heavy atom. The summed E-state index contributed by atoms with van der Waals surface area (Å²) in [5, 5.41) is 19.5. The third-order valence-electron chi connectivity index (χ3n) is 8.43. The predicted molar refractivity (Wildman–Crippen MR) is 164 cm³/mol. The number of benzene rings is 1. The number of aliphatic hydroxyl groups excluding tert-OH is 1. The number of halogens is 10. The Kier molecular flexibility index (Phi) is 11.0. The van der Waals surface area contributed by atoms with Gasteiger partial charge in [0, 0.05) is 37.3 Å². The van der Waals surface area contributed by atoms with Gasteiger partial charge in [-0.25, -0.2) is 8.78 Å². The number of nitrogens with zero attached hydrogens (tertiary/aromatic N) is 5. The van der Waals surface area contributed by atoms with Gasteiger partial charge in [-0.05, 0) is 62.3 Å². The number of anilines is 1. The fourth-order valence-corrected chi connectivity index (χ4v) is 6.58. The van der Waals surface area contributed by atoms with E-state index in [0.717, 1.165) is 12.4 Å². The fraction of sp³-hybridized carbons (Fsp3) is 0.581. The first-order chi connectivity index (χ1) is 22.6. The number of rotatable bonds is 8. The van der Waals surface area contributed by atoms with Crippen LogP contribution in [0.4, 0.5) is 47.1 Å². The maximum Gasteiger partial charge on any atom is 0.425 e. The number of β-amino-alcohol motifs (C(OH)–C–C–N with tert-alkyl or cyclic N) is 1. The van der Waals surface area contributed by atoms with Crippen molar-refractivity contribution in [1.29, 1.82) is 5.26 Å². The Labute approximate surface area is 282 Å². The highest BCUT2D eigenvalue weighted by Gasteiger charge is 2.69. The molecular weight excluding hydrogens is 712 g/mol. The van der Waals surface area contributed by atoms with Crippen molar-refractivity contribution in [3.05, 3.63) is 48.0 Å². The number of carbonyl (C=O) groups is 2. The minimum Gasteiger partial charge on any atom is -0.391 e. The molecule has 2 aliphatic rings. The van der Waals surface area contributed by atoms with Crippen molar-refractivity contribution < 1.29 is 56.1 Å². The number of alkyl halides is 5. The Morgan fingerprint density at radius 2 is 1.60 bits per heavy atom. The van der Waals surface area contributed by atoms with E-state index in [9.17, 15) is 48.2 Å². The molecule has 19 heteroatoms. The smallest absolute Gasteiger partial charge is 0.391 e.